The molecule has 0 saturated carbocycles. The van der Waals surface area contributed by atoms with Crippen molar-refractivity contribution in [2.75, 3.05) is 0 Å². The van der Waals surface area contributed by atoms with E-state index in [0.717, 1.165) is 23.7 Å². The SMILES string of the molecule is CC(Cc1ccccc1Cl)NCc1ccncn1. The lowest BCUT2D eigenvalue weighted by Crippen LogP contribution is -2.28. The third kappa shape index (κ3) is 3.79. The van der Waals surface area contributed by atoms with Crippen LogP contribution in [0.1, 0.15) is 18.2 Å². The van der Waals surface area contributed by atoms with Crippen LogP contribution in [-0.4, -0.2) is 16.0 Å². The van der Waals surface area contributed by atoms with Gasteiger partial charge in [0.2, 0.25) is 0 Å². The van der Waals surface area contributed by atoms with Gasteiger partial charge >= 0.3 is 0 Å². The average Bonchev–Trinajstić information content (AvgIpc) is 2.40. The fraction of sp³-hybridized carbons (Fsp3) is 0.286. The number of rotatable bonds is 5. The van der Waals surface area contributed by atoms with Crippen molar-refractivity contribution in [2.24, 2.45) is 0 Å². The zero-order valence-electron chi connectivity index (χ0n) is 10.3. The summed E-state index contributed by atoms with van der Waals surface area (Å²) in [7, 11) is 0. The van der Waals surface area contributed by atoms with E-state index in [1.165, 1.54) is 5.56 Å². The minimum Gasteiger partial charge on any atom is -0.308 e. The van der Waals surface area contributed by atoms with Gasteiger partial charge in [-0.2, -0.15) is 0 Å². The Labute approximate surface area is 112 Å². The molecule has 1 aromatic carbocycles. The number of hydrogen-bond acceptors (Lipinski definition) is 3. The molecule has 1 N–H and O–H groups in total. The molecule has 0 aliphatic carbocycles. The Morgan fingerprint density at radius 3 is 2.83 bits per heavy atom. The third-order valence-corrected chi connectivity index (χ3v) is 3.13. The molecule has 1 heterocycles. The first-order valence-electron chi connectivity index (χ1n) is 5.97. The zero-order valence-corrected chi connectivity index (χ0v) is 11.1. The van der Waals surface area contributed by atoms with E-state index in [-0.39, 0.29) is 0 Å². The van der Waals surface area contributed by atoms with Crippen molar-refractivity contribution in [3.05, 3.63) is 59.1 Å². The minimum atomic E-state index is 0.347. The van der Waals surface area contributed by atoms with E-state index in [9.17, 15) is 0 Å². The van der Waals surface area contributed by atoms with Gasteiger partial charge < -0.3 is 5.32 Å². The molecule has 0 radical (unpaired) electrons. The highest BCUT2D eigenvalue weighted by atomic mass is 35.5. The van der Waals surface area contributed by atoms with Crippen molar-refractivity contribution in [1.29, 1.82) is 0 Å². The summed E-state index contributed by atoms with van der Waals surface area (Å²) in [5.41, 5.74) is 2.16. The number of benzene rings is 1. The maximum absolute atomic E-state index is 6.14. The minimum absolute atomic E-state index is 0.347. The molecule has 1 aromatic heterocycles. The average molecular weight is 262 g/mol. The van der Waals surface area contributed by atoms with Gasteiger partial charge in [-0.3, -0.25) is 0 Å². The van der Waals surface area contributed by atoms with Crippen LogP contribution in [0.5, 0.6) is 0 Å². The fourth-order valence-electron chi connectivity index (χ4n) is 1.77. The zero-order chi connectivity index (χ0) is 12.8. The lowest BCUT2D eigenvalue weighted by molar-refractivity contribution is 0.539. The molecule has 0 aliphatic rings. The van der Waals surface area contributed by atoms with Crippen molar-refractivity contribution in [1.82, 2.24) is 15.3 Å². The highest BCUT2D eigenvalue weighted by molar-refractivity contribution is 6.31. The molecule has 4 heteroatoms. The maximum Gasteiger partial charge on any atom is 0.115 e. The van der Waals surface area contributed by atoms with Gasteiger partial charge in [0.15, 0.2) is 0 Å². The van der Waals surface area contributed by atoms with Crippen LogP contribution in [0.2, 0.25) is 5.02 Å². The summed E-state index contributed by atoms with van der Waals surface area (Å²) in [5, 5.41) is 4.25. The van der Waals surface area contributed by atoms with Crippen LogP contribution < -0.4 is 5.32 Å². The molecule has 0 fully saturated rings. The summed E-state index contributed by atoms with van der Waals surface area (Å²) in [4.78, 5) is 8.07. The highest BCUT2D eigenvalue weighted by Gasteiger charge is 2.06. The maximum atomic E-state index is 6.14. The van der Waals surface area contributed by atoms with E-state index in [1.807, 2.05) is 24.3 Å². The molecule has 1 atom stereocenters. The number of hydrogen-bond donors (Lipinski definition) is 1. The van der Waals surface area contributed by atoms with Crippen LogP contribution in [-0.2, 0) is 13.0 Å². The second-order valence-electron chi connectivity index (χ2n) is 4.28. The predicted octanol–water partition coefficient (Wildman–Crippen LogP) is 2.85. The predicted molar refractivity (Wildman–Crippen MR) is 73.5 cm³/mol. The quantitative estimate of drug-likeness (QED) is 0.899. The molecule has 0 bridgehead atoms. The lowest BCUT2D eigenvalue weighted by atomic mass is 10.1. The Bertz CT molecular complexity index is 487. The normalized spacial score (nSPS) is 12.3. The fourth-order valence-corrected chi connectivity index (χ4v) is 1.98. The monoisotopic (exact) mass is 261 g/mol. The van der Waals surface area contributed by atoms with Gasteiger partial charge in [-0.05, 0) is 31.0 Å². The van der Waals surface area contributed by atoms with Crippen molar-refractivity contribution in [3.8, 4) is 0 Å². The van der Waals surface area contributed by atoms with Crippen LogP contribution in [0.25, 0.3) is 0 Å². The second-order valence-corrected chi connectivity index (χ2v) is 4.69. The van der Waals surface area contributed by atoms with E-state index in [0.29, 0.717) is 6.04 Å². The summed E-state index contributed by atoms with van der Waals surface area (Å²) in [6.45, 7) is 2.89. The number of aromatic nitrogens is 2. The first-order valence-corrected chi connectivity index (χ1v) is 6.35. The number of nitrogens with one attached hydrogen (secondary N) is 1. The summed E-state index contributed by atoms with van der Waals surface area (Å²) in [6.07, 6.45) is 4.23. The molecule has 0 spiro atoms. The number of halogens is 1. The molecule has 2 rings (SSSR count). The van der Waals surface area contributed by atoms with E-state index in [4.69, 9.17) is 11.6 Å². The molecule has 0 saturated heterocycles. The molecule has 0 aliphatic heterocycles. The Morgan fingerprint density at radius 2 is 2.11 bits per heavy atom. The van der Waals surface area contributed by atoms with Gasteiger partial charge in [-0.25, -0.2) is 9.97 Å². The molecule has 18 heavy (non-hydrogen) atoms. The summed E-state index contributed by atoms with van der Waals surface area (Å²) >= 11 is 6.14. The first-order chi connectivity index (χ1) is 8.75. The standard InChI is InChI=1S/C14H16ClN3/c1-11(8-12-4-2-3-5-14(12)15)17-9-13-6-7-16-10-18-13/h2-7,10-11,17H,8-9H2,1H3. The van der Waals surface area contributed by atoms with Gasteiger partial charge in [0.25, 0.3) is 0 Å². The molecule has 94 valence electrons. The third-order valence-electron chi connectivity index (χ3n) is 2.76. The summed E-state index contributed by atoms with van der Waals surface area (Å²) in [5.74, 6) is 0. The van der Waals surface area contributed by atoms with E-state index < -0.39 is 0 Å². The molecular weight excluding hydrogens is 246 g/mol. The molecule has 1 unspecified atom stereocenters. The Balaban J connectivity index is 1.86. The Kier molecular flexibility index (Phi) is 4.67. The lowest BCUT2D eigenvalue weighted by Gasteiger charge is -2.14. The van der Waals surface area contributed by atoms with Crippen LogP contribution in [0, 0.1) is 0 Å². The highest BCUT2D eigenvalue weighted by Crippen LogP contribution is 2.16. The van der Waals surface area contributed by atoms with Crippen molar-refractivity contribution in [3.63, 3.8) is 0 Å². The molecule has 2 aromatic rings. The molecule has 3 nitrogen and oxygen atoms in total. The first kappa shape index (κ1) is 13.0. The Hall–Kier alpha value is -1.45. The van der Waals surface area contributed by atoms with Crippen LogP contribution in [0.3, 0.4) is 0 Å². The van der Waals surface area contributed by atoms with E-state index in [2.05, 4.69) is 28.3 Å². The summed E-state index contributed by atoms with van der Waals surface area (Å²) < 4.78 is 0. The van der Waals surface area contributed by atoms with Crippen LogP contribution in [0.4, 0.5) is 0 Å². The van der Waals surface area contributed by atoms with E-state index in [1.54, 1.807) is 12.5 Å². The van der Waals surface area contributed by atoms with Gasteiger partial charge in [0.1, 0.15) is 6.33 Å². The van der Waals surface area contributed by atoms with Crippen LogP contribution >= 0.6 is 11.6 Å². The second kappa shape index (κ2) is 6.47. The van der Waals surface area contributed by atoms with Crippen molar-refractivity contribution >= 4 is 11.6 Å². The van der Waals surface area contributed by atoms with Gasteiger partial charge in [0.05, 0.1) is 5.69 Å². The van der Waals surface area contributed by atoms with Gasteiger partial charge in [0, 0.05) is 23.8 Å². The van der Waals surface area contributed by atoms with E-state index >= 15 is 0 Å². The molecular formula is C14H16ClN3. The smallest absolute Gasteiger partial charge is 0.115 e. The Morgan fingerprint density at radius 1 is 1.28 bits per heavy atom. The number of nitrogens with zero attached hydrogens (tertiary/aromatic N) is 2. The topological polar surface area (TPSA) is 37.8 Å². The van der Waals surface area contributed by atoms with Crippen molar-refractivity contribution in [2.45, 2.75) is 25.9 Å². The van der Waals surface area contributed by atoms with Gasteiger partial charge in [-0.15, -0.1) is 0 Å². The largest absolute Gasteiger partial charge is 0.308 e. The van der Waals surface area contributed by atoms with Crippen molar-refractivity contribution < 1.29 is 0 Å². The van der Waals surface area contributed by atoms with Gasteiger partial charge in [-0.1, -0.05) is 29.8 Å². The summed E-state index contributed by atoms with van der Waals surface area (Å²) in [6, 6.07) is 10.2. The van der Waals surface area contributed by atoms with Crippen LogP contribution in [0.15, 0.2) is 42.9 Å². The molecule has 0 amide bonds.